The van der Waals surface area contributed by atoms with Crippen LogP contribution in [-0.4, -0.2) is 0 Å². The summed E-state index contributed by atoms with van der Waals surface area (Å²) in [6.45, 7) is 0. The first-order valence-electron chi connectivity index (χ1n) is 23.3. The van der Waals surface area contributed by atoms with Crippen LogP contribution in [0, 0.1) is 0 Å². The SMILES string of the molecule is c1ccc(-c2cccc(N(c3ccc(N4c5ccccc5-c5cccc6ccc7c(c56)Oc5c4cccc5C7(c4ccccc4)c4ccccc4)cc3)c3cccc(-c4ccccc4)c3)c2)cc1. The number of para-hydroxylation sites is 2. The third-order valence-electron chi connectivity index (χ3n) is 13.9. The second-order valence-electron chi connectivity index (χ2n) is 17.6. The van der Waals surface area contributed by atoms with Gasteiger partial charge in [-0.1, -0.05) is 206 Å². The molecule has 0 spiro atoms. The summed E-state index contributed by atoms with van der Waals surface area (Å²) >= 11 is 0. The lowest BCUT2D eigenvalue weighted by Gasteiger charge is -2.43. The quantitative estimate of drug-likeness (QED) is 0.151. The maximum absolute atomic E-state index is 7.54. The van der Waals surface area contributed by atoms with Crippen molar-refractivity contribution in [2.75, 3.05) is 9.80 Å². The van der Waals surface area contributed by atoms with Crippen molar-refractivity contribution >= 4 is 44.9 Å². The molecule has 0 atom stereocenters. The van der Waals surface area contributed by atoms with Crippen molar-refractivity contribution in [3.8, 4) is 44.9 Å². The van der Waals surface area contributed by atoms with E-state index in [1.165, 1.54) is 22.3 Å². The van der Waals surface area contributed by atoms with Crippen LogP contribution in [0.5, 0.6) is 11.5 Å². The Morgan fingerprint density at radius 2 is 0.838 bits per heavy atom. The van der Waals surface area contributed by atoms with Gasteiger partial charge in [0.1, 0.15) is 5.75 Å². The molecule has 3 heteroatoms. The van der Waals surface area contributed by atoms with Crippen LogP contribution < -0.4 is 14.5 Å². The minimum atomic E-state index is -0.683. The molecule has 68 heavy (non-hydrogen) atoms. The van der Waals surface area contributed by atoms with Crippen molar-refractivity contribution in [1.82, 2.24) is 0 Å². The molecule has 2 heterocycles. The van der Waals surface area contributed by atoms with Crippen LogP contribution in [0.2, 0.25) is 0 Å². The van der Waals surface area contributed by atoms with Gasteiger partial charge in [0.05, 0.1) is 16.8 Å². The summed E-state index contributed by atoms with van der Waals surface area (Å²) in [6, 6.07) is 96.7. The number of hydrogen-bond donors (Lipinski definition) is 0. The van der Waals surface area contributed by atoms with E-state index in [0.717, 1.165) is 89.8 Å². The zero-order chi connectivity index (χ0) is 45.0. The average molecular weight is 869 g/mol. The van der Waals surface area contributed by atoms with Crippen LogP contribution in [0.1, 0.15) is 22.3 Å². The molecule has 320 valence electrons. The highest BCUT2D eigenvalue weighted by molar-refractivity contribution is 6.07. The summed E-state index contributed by atoms with van der Waals surface area (Å²) in [5.74, 6) is 1.73. The summed E-state index contributed by atoms with van der Waals surface area (Å²) in [6.07, 6.45) is 0. The second kappa shape index (κ2) is 16.2. The molecule has 0 saturated heterocycles. The van der Waals surface area contributed by atoms with Crippen LogP contribution in [-0.2, 0) is 5.41 Å². The zero-order valence-electron chi connectivity index (χ0n) is 37.2. The molecule has 0 N–H and O–H groups in total. The topological polar surface area (TPSA) is 15.7 Å². The second-order valence-corrected chi connectivity index (χ2v) is 17.6. The number of anilines is 6. The Bertz CT molecular complexity index is 3520. The largest absolute Gasteiger partial charge is 0.454 e. The van der Waals surface area contributed by atoms with Crippen molar-refractivity contribution in [3.05, 3.63) is 289 Å². The summed E-state index contributed by atoms with van der Waals surface area (Å²) in [5, 5.41) is 2.25. The van der Waals surface area contributed by atoms with Crippen molar-refractivity contribution in [3.63, 3.8) is 0 Å². The number of hydrogen-bond acceptors (Lipinski definition) is 3. The van der Waals surface area contributed by atoms with Crippen LogP contribution >= 0.6 is 0 Å². The average Bonchev–Trinajstić information content (AvgIpc) is 3.46. The first-order valence-corrected chi connectivity index (χ1v) is 23.3. The normalized spacial score (nSPS) is 12.9. The van der Waals surface area contributed by atoms with Gasteiger partial charge in [0, 0.05) is 44.8 Å². The molecule has 0 saturated carbocycles. The summed E-state index contributed by atoms with van der Waals surface area (Å²) in [7, 11) is 0. The maximum Gasteiger partial charge on any atom is 0.156 e. The third kappa shape index (κ3) is 6.28. The van der Waals surface area contributed by atoms with Crippen molar-refractivity contribution in [2.45, 2.75) is 5.41 Å². The molecule has 11 aromatic carbocycles. The number of fused-ring (bicyclic) bond motifs is 2. The van der Waals surface area contributed by atoms with Crippen molar-refractivity contribution < 1.29 is 4.74 Å². The van der Waals surface area contributed by atoms with Gasteiger partial charge < -0.3 is 14.5 Å². The lowest BCUT2D eigenvalue weighted by molar-refractivity contribution is 0.441. The molecule has 0 amide bonds. The number of ether oxygens (including phenoxy) is 1. The van der Waals surface area contributed by atoms with Crippen LogP contribution in [0.4, 0.5) is 34.1 Å². The minimum Gasteiger partial charge on any atom is -0.454 e. The molecule has 3 nitrogen and oxygen atoms in total. The standard InChI is InChI=1S/C65H44N2O/c1-5-19-45(20-6-1)48-24-15-30-54(43-48)66(55-31-16-25-49(44-55)46-21-7-2-8-22-46)52-38-40-53(41-39-52)67-60-35-14-13-32-56(60)57-33-17-23-47-37-42-59-64(62(47)57)68-63-58(34-18-36-61(63)67)65(59,50-26-9-3-10-27-50)51-28-11-4-12-29-51/h1-44H. The van der Waals surface area contributed by atoms with E-state index in [-0.39, 0.29) is 0 Å². The highest BCUT2D eigenvalue weighted by Crippen LogP contribution is 2.62. The van der Waals surface area contributed by atoms with Crippen LogP contribution in [0.25, 0.3) is 44.2 Å². The van der Waals surface area contributed by atoms with Gasteiger partial charge >= 0.3 is 0 Å². The van der Waals surface area contributed by atoms with Gasteiger partial charge in [0.25, 0.3) is 0 Å². The first-order chi connectivity index (χ1) is 33.7. The lowest BCUT2D eigenvalue weighted by Crippen LogP contribution is -2.34. The van der Waals surface area contributed by atoms with Crippen LogP contribution in [0.3, 0.4) is 0 Å². The first kappa shape index (κ1) is 39.4. The summed E-state index contributed by atoms with van der Waals surface area (Å²) in [4.78, 5) is 4.78. The molecule has 0 fully saturated rings. The molecule has 6 bridgehead atoms. The third-order valence-corrected chi connectivity index (χ3v) is 13.9. The fourth-order valence-corrected chi connectivity index (χ4v) is 10.9. The van der Waals surface area contributed by atoms with E-state index in [2.05, 4.69) is 277 Å². The predicted octanol–water partition coefficient (Wildman–Crippen LogP) is 17.6. The molecule has 11 aromatic rings. The molecule has 0 aliphatic carbocycles. The molecule has 2 aliphatic heterocycles. The van der Waals surface area contributed by atoms with E-state index in [1.807, 2.05) is 0 Å². The molecular weight excluding hydrogens is 825 g/mol. The number of nitrogens with zero attached hydrogens (tertiary/aromatic N) is 2. The smallest absolute Gasteiger partial charge is 0.156 e. The molecule has 2 aliphatic rings. The number of benzene rings is 11. The van der Waals surface area contributed by atoms with E-state index < -0.39 is 5.41 Å². The summed E-state index contributed by atoms with van der Waals surface area (Å²) in [5.41, 5.74) is 17.1. The Balaban J connectivity index is 1.04. The van der Waals surface area contributed by atoms with Crippen molar-refractivity contribution in [1.29, 1.82) is 0 Å². The fourth-order valence-electron chi connectivity index (χ4n) is 10.9. The lowest BCUT2D eigenvalue weighted by atomic mass is 9.63. The Hall–Kier alpha value is -8.92. The van der Waals surface area contributed by atoms with E-state index in [1.54, 1.807) is 0 Å². The maximum atomic E-state index is 7.54. The Kier molecular flexibility index (Phi) is 9.40. The Labute approximate surface area is 397 Å². The zero-order valence-corrected chi connectivity index (χ0v) is 37.2. The van der Waals surface area contributed by atoms with Gasteiger partial charge in [-0.25, -0.2) is 0 Å². The molecule has 0 aromatic heterocycles. The van der Waals surface area contributed by atoms with Gasteiger partial charge in [-0.3, -0.25) is 0 Å². The highest BCUT2D eigenvalue weighted by Gasteiger charge is 2.47. The van der Waals surface area contributed by atoms with E-state index in [0.29, 0.717) is 0 Å². The van der Waals surface area contributed by atoms with E-state index in [9.17, 15) is 0 Å². The highest BCUT2D eigenvalue weighted by atomic mass is 16.5. The van der Waals surface area contributed by atoms with Gasteiger partial charge in [-0.2, -0.15) is 0 Å². The summed E-state index contributed by atoms with van der Waals surface area (Å²) < 4.78 is 7.54. The van der Waals surface area contributed by atoms with Gasteiger partial charge in [0.2, 0.25) is 0 Å². The molecule has 0 unspecified atom stereocenters. The van der Waals surface area contributed by atoms with Gasteiger partial charge in [0.15, 0.2) is 5.75 Å². The molecule has 13 rings (SSSR count). The van der Waals surface area contributed by atoms with Crippen LogP contribution in [0.15, 0.2) is 267 Å². The van der Waals surface area contributed by atoms with Gasteiger partial charge in [-0.15, -0.1) is 0 Å². The molecular formula is C65H44N2O. The Morgan fingerprint density at radius 3 is 1.47 bits per heavy atom. The van der Waals surface area contributed by atoms with E-state index in [4.69, 9.17) is 4.74 Å². The number of rotatable bonds is 8. The monoisotopic (exact) mass is 868 g/mol. The predicted molar refractivity (Wildman–Crippen MR) is 282 cm³/mol. The van der Waals surface area contributed by atoms with E-state index >= 15 is 0 Å². The minimum absolute atomic E-state index is 0.683. The Morgan fingerprint density at radius 1 is 0.338 bits per heavy atom. The fraction of sp³-hybridized carbons (Fsp3) is 0.0154. The molecule has 0 radical (unpaired) electrons. The van der Waals surface area contributed by atoms with Gasteiger partial charge in [-0.05, 0) is 105 Å². The van der Waals surface area contributed by atoms with Crippen molar-refractivity contribution in [2.24, 2.45) is 0 Å².